The highest BCUT2D eigenvalue weighted by molar-refractivity contribution is 6.35. The van der Waals surface area contributed by atoms with Gasteiger partial charge in [0.05, 0.1) is 11.1 Å². The van der Waals surface area contributed by atoms with Crippen LogP contribution in [0.3, 0.4) is 0 Å². The summed E-state index contributed by atoms with van der Waals surface area (Å²) in [7, 11) is 0. The average Bonchev–Trinajstić information content (AvgIpc) is 3.08. The molecule has 0 bridgehead atoms. The maximum atomic E-state index is 13.8. The number of aliphatic hydroxyl groups excluding tert-OH is 2. The van der Waals surface area contributed by atoms with Crippen molar-refractivity contribution in [3.63, 3.8) is 0 Å². The lowest BCUT2D eigenvalue weighted by Crippen LogP contribution is -2.20. The van der Waals surface area contributed by atoms with Crippen LogP contribution in [0.4, 0.5) is 11.4 Å². The minimum absolute atomic E-state index is 0.0549. The Bertz CT molecular complexity index is 2120. The first-order valence-corrected chi connectivity index (χ1v) is 17.4. The molecular formula is C44H44N2O6. The molecule has 0 radical (unpaired) electrons. The van der Waals surface area contributed by atoms with Gasteiger partial charge in [-0.15, -0.1) is 0 Å². The molecule has 4 aromatic carbocycles. The number of anilines is 2. The van der Waals surface area contributed by atoms with E-state index >= 15 is 0 Å². The van der Waals surface area contributed by atoms with Gasteiger partial charge in [-0.2, -0.15) is 0 Å². The molecule has 266 valence electrons. The molecule has 6 rings (SSSR count). The summed E-state index contributed by atoms with van der Waals surface area (Å²) in [6.07, 6.45) is 2.96. The molecule has 2 aliphatic rings. The number of rotatable bonds is 7. The third-order valence-electron chi connectivity index (χ3n) is 9.82. The summed E-state index contributed by atoms with van der Waals surface area (Å²) >= 11 is 0. The van der Waals surface area contributed by atoms with E-state index in [1.54, 1.807) is 13.8 Å². The molecule has 0 atom stereocenters. The summed E-state index contributed by atoms with van der Waals surface area (Å²) in [5, 5.41) is 53.4. The SMILES string of the molecule is Cc1ccc(N/C=C2\C(=O)C(O)=C(C(C)C)c3cc(C)c(-c4c(C)cc5c(c4O)/C(=C\Nc4ccc(C)cc4)C(=O)C(O)=C5C(C)C)c(O)c32)cc1. The number of carbonyl (C=O) groups excluding carboxylic acids is 2. The fourth-order valence-corrected chi connectivity index (χ4v) is 7.24. The molecule has 52 heavy (non-hydrogen) atoms. The summed E-state index contributed by atoms with van der Waals surface area (Å²) in [6.45, 7) is 15.0. The first-order valence-electron chi connectivity index (χ1n) is 17.4. The van der Waals surface area contributed by atoms with Gasteiger partial charge in [0, 0.05) is 57.2 Å². The van der Waals surface area contributed by atoms with Gasteiger partial charge in [0.25, 0.3) is 0 Å². The molecule has 0 fully saturated rings. The standard InChI is InChI=1S/C44H44N2O6/c1-21(2)33-29-17-25(7)35(41(49)37(29)31(39(47)43(33)51)19-45-27-13-9-23(5)10-14-27)36-26(8)18-30-34(22(3)4)44(52)40(48)32(38(30)42(36)50)20-46-28-15-11-24(6)12-16-28/h9-22,45-46,49-52H,1-8H3/b31-19-,32-20+. The number of ketones is 2. The van der Waals surface area contributed by atoms with Gasteiger partial charge in [-0.05, 0) is 86.1 Å². The number of Topliss-reactive ketones (excluding diaryl/α,β-unsaturated/α-hetero) is 2. The van der Waals surface area contributed by atoms with Gasteiger partial charge in [0.15, 0.2) is 11.5 Å². The molecule has 0 spiro atoms. The number of benzene rings is 4. The quantitative estimate of drug-likeness (QED) is 0.105. The minimum Gasteiger partial charge on any atom is -0.507 e. The highest BCUT2D eigenvalue weighted by Gasteiger charge is 2.38. The van der Waals surface area contributed by atoms with Crippen LogP contribution >= 0.6 is 0 Å². The average molecular weight is 697 g/mol. The smallest absolute Gasteiger partial charge is 0.229 e. The Balaban J connectivity index is 1.62. The third kappa shape index (κ3) is 6.04. The Morgan fingerprint density at radius 3 is 1.15 bits per heavy atom. The van der Waals surface area contributed by atoms with Gasteiger partial charge < -0.3 is 31.1 Å². The van der Waals surface area contributed by atoms with Gasteiger partial charge in [-0.25, -0.2) is 0 Å². The maximum Gasteiger partial charge on any atom is 0.229 e. The molecule has 0 unspecified atom stereocenters. The predicted molar refractivity (Wildman–Crippen MR) is 209 cm³/mol. The van der Waals surface area contributed by atoms with Crippen molar-refractivity contribution in [2.75, 3.05) is 10.6 Å². The van der Waals surface area contributed by atoms with Crippen molar-refractivity contribution in [2.45, 2.75) is 55.4 Å². The van der Waals surface area contributed by atoms with E-state index < -0.39 is 11.6 Å². The van der Waals surface area contributed by atoms with Crippen molar-refractivity contribution in [2.24, 2.45) is 11.8 Å². The van der Waals surface area contributed by atoms with Crippen molar-refractivity contribution >= 4 is 45.2 Å². The van der Waals surface area contributed by atoms with Crippen molar-refractivity contribution in [1.29, 1.82) is 0 Å². The van der Waals surface area contributed by atoms with Gasteiger partial charge in [-0.3, -0.25) is 9.59 Å². The molecule has 8 heteroatoms. The number of fused-ring (bicyclic) bond motifs is 2. The predicted octanol–water partition coefficient (Wildman–Crippen LogP) is 9.92. The second-order valence-electron chi connectivity index (χ2n) is 14.3. The zero-order chi connectivity index (χ0) is 37.8. The van der Waals surface area contributed by atoms with Crippen LogP contribution in [0, 0.1) is 39.5 Å². The first-order chi connectivity index (χ1) is 24.6. The van der Waals surface area contributed by atoms with Crippen LogP contribution in [-0.2, 0) is 9.59 Å². The normalized spacial score (nSPS) is 16.0. The number of phenols is 2. The monoisotopic (exact) mass is 696 g/mol. The summed E-state index contributed by atoms with van der Waals surface area (Å²) in [6, 6.07) is 18.8. The van der Waals surface area contributed by atoms with Crippen LogP contribution in [0.25, 0.3) is 33.4 Å². The zero-order valence-corrected chi connectivity index (χ0v) is 30.7. The highest BCUT2D eigenvalue weighted by Crippen LogP contribution is 2.53. The van der Waals surface area contributed by atoms with Crippen molar-refractivity contribution < 1.29 is 30.0 Å². The maximum absolute atomic E-state index is 13.8. The van der Waals surface area contributed by atoms with E-state index in [1.165, 1.54) is 12.4 Å². The van der Waals surface area contributed by atoms with Crippen molar-refractivity contribution in [3.8, 4) is 22.6 Å². The van der Waals surface area contributed by atoms with Crippen LogP contribution in [-0.4, -0.2) is 32.0 Å². The van der Waals surface area contributed by atoms with Crippen molar-refractivity contribution in [1.82, 2.24) is 0 Å². The molecule has 0 saturated heterocycles. The Morgan fingerprint density at radius 2 is 0.846 bits per heavy atom. The molecule has 4 aromatic rings. The molecule has 0 aliphatic heterocycles. The molecular weight excluding hydrogens is 652 g/mol. The number of hydrogen-bond acceptors (Lipinski definition) is 8. The first kappa shape index (κ1) is 35.8. The largest absolute Gasteiger partial charge is 0.507 e. The summed E-state index contributed by atoms with van der Waals surface area (Å²) < 4.78 is 0. The number of hydrogen-bond donors (Lipinski definition) is 6. The lowest BCUT2D eigenvalue weighted by molar-refractivity contribution is -0.113. The third-order valence-corrected chi connectivity index (χ3v) is 9.82. The minimum atomic E-state index is -0.646. The number of aryl methyl sites for hydroxylation is 4. The number of aromatic hydroxyl groups is 2. The number of aliphatic hydroxyl groups is 2. The van der Waals surface area contributed by atoms with Crippen LogP contribution in [0.1, 0.15) is 72.2 Å². The lowest BCUT2D eigenvalue weighted by Gasteiger charge is -2.29. The summed E-state index contributed by atoms with van der Waals surface area (Å²) in [5.41, 5.74) is 7.63. The number of phenolic OH excluding ortho intramolecular Hbond substituents is 2. The zero-order valence-electron chi connectivity index (χ0n) is 30.7. The van der Waals surface area contributed by atoms with E-state index in [9.17, 15) is 30.0 Å². The molecule has 0 heterocycles. The molecule has 8 nitrogen and oxygen atoms in total. The molecule has 2 aliphatic carbocycles. The Morgan fingerprint density at radius 1 is 0.519 bits per heavy atom. The van der Waals surface area contributed by atoms with E-state index in [-0.39, 0.29) is 68.3 Å². The Kier molecular flexibility index (Phi) is 9.36. The number of nitrogens with one attached hydrogen (secondary N) is 2. The second-order valence-corrected chi connectivity index (χ2v) is 14.3. The Labute approximate surface area is 304 Å². The van der Waals surface area contributed by atoms with Crippen LogP contribution in [0.5, 0.6) is 11.5 Å². The van der Waals surface area contributed by atoms with Crippen molar-refractivity contribution in [3.05, 3.63) is 129 Å². The number of allylic oxidation sites excluding steroid dienone is 4. The van der Waals surface area contributed by atoms with E-state index in [1.807, 2.05) is 102 Å². The number of carbonyl (C=O) groups is 2. The topological polar surface area (TPSA) is 139 Å². The highest BCUT2D eigenvalue weighted by atomic mass is 16.3. The molecule has 0 amide bonds. The van der Waals surface area contributed by atoms with E-state index in [0.29, 0.717) is 44.8 Å². The van der Waals surface area contributed by atoms with Gasteiger partial charge >= 0.3 is 0 Å². The summed E-state index contributed by atoms with van der Waals surface area (Å²) in [5.74, 6) is -3.09. The van der Waals surface area contributed by atoms with Crippen LogP contribution in [0.15, 0.2) is 84.6 Å². The van der Waals surface area contributed by atoms with Gasteiger partial charge in [0.2, 0.25) is 11.6 Å². The van der Waals surface area contributed by atoms with Gasteiger partial charge in [0.1, 0.15) is 11.5 Å². The molecule has 6 N–H and O–H groups in total. The fourth-order valence-electron chi connectivity index (χ4n) is 7.24. The van der Waals surface area contributed by atoms with E-state index in [2.05, 4.69) is 10.6 Å². The van der Waals surface area contributed by atoms with E-state index in [0.717, 1.165) is 11.1 Å². The fraction of sp³-hybridized carbons (Fsp3) is 0.227. The molecule has 0 aromatic heterocycles. The molecule has 0 saturated carbocycles. The lowest BCUT2D eigenvalue weighted by atomic mass is 9.75. The Hall–Kier alpha value is -6.02. The van der Waals surface area contributed by atoms with Crippen LogP contribution < -0.4 is 10.6 Å². The second kappa shape index (κ2) is 13.6. The van der Waals surface area contributed by atoms with Crippen LogP contribution in [0.2, 0.25) is 0 Å². The van der Waals surface area contributed by atoms with E-state index in [4.69, 9.17) is 0 Å². The summed E-state index contributed by atoms with van der Waals surface area (Å²) in [4.78, 5) is 27.7. The van der Waals surface area contributed by atoms with Gasteiger partial charge in [-0.1, -0.05) is 75.2 Å².